The van der Waals surface area contributed by atoms with Crippen LogP contribution in [0.25, 0.3) is 10.8 Å². The van der Waals surface area contributed by atoms with E-state index in [-0.39, 0.29) is 10.8 Å². The normalized spacial score (nSPS) is 11.6. The molecular formula is C40H62N6O9S3. The Bertz CT molecular complexity index is 2180. The first-order valence-corrected chi connectivity index (χ1v) is 24.0. The van der Waals surface area contributed by atoms with Gasteiger partial charge in [0.05, 0.1) is 55.5 Å². The van der Waals surface area contributed by atoms with Crippen LogP contribution in [-0.2, 0) is 71.1 Å². The molecule has 0 aliphatic carbocycles. The molecule has 0 aliphatic rings. The third-order valence-electron chi connectivity index (χ3n) is 8.99. The van der Waals surface area contributed by atoms with Gasteiger partial charge in [-0.3, -0.25) is 0 Å². The minimum atomic E-state index is -5.14. The van der Waals surface area contributed by atoms with Crippen molar-refractivity contribution in [2.75, 3.05) is 0 Å². The lowest BCUT2D eigenvalue weighted by molar-refractivity contribution is -0.671. The number of hydrogen-bond donors (Lipinski definition) is 0. The maximum Gasteiger partial charge on any atom is 0.243 e. The van der Waals surface area contributed by atoms with Gasteiger partial charge in [-0.2, -0.15) is 0 Å². The number of aryl methyl sites for hydroxylation is 6. The monoisotopic (exact) mass is 866 g/mol. The summed E-state index contributed by atoms with van der Waals surface area (Å²) in [6, 6.07) is 3.39. The molecular weight excluding hydrogens is 805 g/mol. The molecule has 5 aromatic rings. The highest BCUT2D eigenvalue weighted by Crippen LogP contribution is 2.29. The van der Waals surface area contributed by atoms with Gasteiger partial charge in [0.1, 0.15) is 67.5 Å². The van der Waals surface area contributed by atoms with Gasteiger partial charge >= 0.3 is 0 Å². The molecule has 0 radical (unpaired) electrons. The van der Waals surface area contributed by atoms with E-state index in [1.54, 1.807) is 0 Å². The lowest BCUT2D eigenvalue weighted by atomic mass is 10.1. The number of fused-ring (bicyclic) bond motifs is 1. The van der Waals surface area contributed by atoms with Gasteiger partial charge in [0.2, 0.25) is 19.0 Å². The summed E-state index contributed by atoms with van der Waals surface area (Å²) in [6.45, 7) is 10.2. The van der Waals surface area contributed by atoms with Crippen molar-refractivity contribution in [2.24, 2.45) is 21.1 Å². The van der Waals surface area contributed by atoms with E-state index in [1.165, 1.54) is 96.7 Å². The van der Waals surface area contributed by atoms with Gasteiger partial charge in [0, 0.05) is 0 Å². The number of imidazole rings is 3. The van der Waals surface area contributed by atoms with Crippen LogP contribution in [0.5, 0.6) is 0 Å². The van der Waals surface area contributed by atoms with Gasteiger partial charge in [-0.1, -0.05) is 65.4 Å². The predicted octanol–water partition coefficient (Wildman–Crippen LogP) is 5.23. The average Bonchev–Trinajstić information content (AvgIpc) is 3.90. The minimum Gasteiger partial charge on any atom is -0.744 e. The zero-order valence-electron chi connectivity index (χ0n) is 34.8. The number of nitrogens with zero attached hydrogens (tertiary/aromatic N) is 6. The molecule has 0 N–H and O–H groups in total. The molecule has 18 heteroatoms. The van der Waals surface area contributed by atoms with E-state index >= 15 is 0 Å². The van der Waals surface area contributed by atoms with Crippen LogP contribution in [0, 0.1) is 0 Å². The van der Waals surface area contributed by atoms with Crippen molar-refractivity contribution >= 4 is 41.1 Å². The average molecular weight is 867 g/mol. The fourth-order valence-corrected chi connectivity index (χ4v) is 7.70. The van der Waals surface area contributed by atoms with E-state index in [9.17, 15) is 38.9 Å². The van der Waals surface area contributed by atoms with Crippen molar-refractivity contribution < 1.29 is 52.6 Å². The molecule has 3 aromatic heterocycles. The highest BCUT2D eigenvalue weighted by atomic mass is 32.2. The van der Waals surface area contributed by atoms with Crippen molar-refractivity contribution in [3.8, 4) is 0 Å². The van der Waals surface area contributed by atoms with Crippen LogP contribution in [0.15, 0.2) is 101 Å². The topological polar surface area (TPSA) is 198 Å². The summed E-state index contributed by atoms with van der Waals surface area (Å²) in [4.78, 5) is -2.81. The highest BCUT2D eigenvalue weighted by molar-refractivity contribution is 7.86. The third-order valence-corrected chi connectivity index (χ3v) is 11.5. The Kier molecular flexibility index (Phi) is 21.5. The molecule has 2 aromatic carbocycles. The van der Waals surface area contributed by atoms with Crippen LogP contribution in [-0.4, -0.2) is 52.6 Å². The number of unbranched alkanes of at least 4 members (excludes halogenated alkanes) is 9. The zero-order chi connectivity index (χ0) is 43.4. The summed E-state index contributed by atoms with van der Waals surface area (Å²) in [5.41, 5.74) is 0. The lowest BCUT2D eigenvalue weighted by Gasteiger charge is -2.16. The minimum absolute atomic E-state index is 0.310. The van der Waals surface area contributed by atoms with Gasteiger partial charge < -0.3 is 13.7 Å². The fourth-order valence-electron chi connectivity index (χ4n) is 5.86. The van der Waals surface area contributed by atoms with Crippen molar-refractivity contribution in [3.63, 3.8) is 0 Å². The van der Waals surface area contributed by atoms with Crippen molar-refractivity contribution in [1.29, 1.82) is 0 Å². The molecule has 324 valence electrons. The first kappa shape index (κ1) is 50.2. The summed E-state index contributed by atoms with van der Waals surface area (Å²) < 4.78 is 112. The molecule has 0 aliphatic heterocycles. The maximum absolute atomic E-state index is 11.2. The molecule has 0 amide bonds. The Balaban J connectivity index is 0.000000280. The molecule has 0 unspecified atom stereocenters. The summed E-state index contributed by atoms with van der Waals surface area (Å²) >= 11 is 0. The van der Waals surface area contributed by atoms with E-state index in [1.807, 2.05) is 0 Å². The molecule has 5 rings (SSSR count). The summed E-state index contributed by atoms with van der Waals surface area (Å²) in [5, 5.41) is -0.668. The Morgan fingerprint density at radius 3 is 1.14 bits per heavy atom. The second kappa shape index (κ2) is 24.9. The first-order valence-electron chi connectivity index (χ1n) is 19.8. The van der Waals surface area contributed by atoms with Gasteiger partial charge in [0.25, 0.3) is 0 Å². The van der Waals surface area contributed by atoms with E-state index in [0.29, 0.717) is 18.2 Å². The Morgan fingerprint density at radius 1 is 0.483 bits per heavy atom. The summed E-state index contributed by atoms with van der Waals surface area (Å²) in [7, 11) is -8.97. The van der Waals surface area contributed by atoms with Gasteiger partial charge in [0.15, 0.2) is 0 Å². The molecule has 0 spiro atoms. The fraction of sp³-hybridized carbons (Fsp3) is 0.525. The quantitative estimate of drug-likeness (QED) is 0.0643. The molecule has 0 bridgehead atoms. The standard InChI is InChI=1S/3C10H19N2.C10H8O9S3/c3*1-3-4-5-6-7-12-9-8-11(2)10-12;11-20(12,13)7-1-2-9-6(3-7)4-8(21(14,15)16)5-10(9)22(17,18)19/h3*8-10H,3-7H2,1-2H3;1-5H,(H,11,12,13)(H,14,15,16)(H,17,18,19)/q3*+1;/p-3. The predicted molar refractivity (Wildman–Crippen MR) is 217 cm³/mol. The number of hydrogen-bond acceptors (Lipinski definition) is 9. The Morgan fingerprint density at radius 2 is 0.845 bits per heavy atom. The van der Waals surface area contributed by atoms with Crippen molar-refractivity contribution in [1.82, 2.24) is 13.7 Å². The largest absolute Gasteiger partial charge is 0.744 e. The summed E-state index contributed by atoms with van der Waals surface area (Å²) in [5.74, 6) is 0. The highest BCUT2D eigenvalue weighted by Gasteiger charge is 2.14. The van der Waals surface area contributed by atoms with Crippen LogP contribution >= 0.6 is 0 Å². The molecule has 0 saturated carbocycles. The molecule has 0 saturated heterocycles. The SMILES string of the molecule is CCCCCCn1cc[n+](C)c1.CCCCCCn1cc[n+](C)c1.CCCCCCn1cc[n+](C)c1.O=S(=O)([O-])c1ccc2c(S(=O)(=O)[O-])cc(S(=O)(=O)[O-])cc2c1. The molecule has 0 atom stereocenters. The van der Waals surface area contributed by atoms with E-state index in [4.69, 9.17) is 0 Å². The van der Waals surface area contributed by atoms with Crippen molar-refractivity contribution in [2.45, 2.75) is 132 Å². The van der Waals surface area contributed by atoms with Crippen LogP contribution in [0.2, 0.25) is 0 Å². The first-order chi connectivity index (χ1) is 27.3. The summed E-state index contributed by atoms with van der Waals surface area (Å²) in [6.07, 6.45) is 35.1. The maximum atomic E-state index is 11.2. The van der Waals surface area contributed by atoms with E-state index in [2.05, 4.69) is 125 Å². The number of rotatable bonds is 18. The van der Waals surface area contributed by atoms with Crippen LogP contribution in [0.4, 0.5) is 0 Å². The van der Waals surface area contributed by atoms with E-state index in [0.717, 1.165) is 12.1 Å². The van der Waals surface area contributed by atoms with Gasteiger partial charge in [-0.25, -0.2) is 52.7 Å². The van der Waals surface area contributed by atoms with Crippen LogP contribution < -0.4 is 13.7 Å². The molecule has 58 heavy (non-hydrogen) atoms. The molecule has 0 fully saturated rings. The zero-order valence-corrected chi connectivity index (χ0v) is 37.2. The third kappa shape index (κ3) is 19.2. The number of benzene rings is 2. The van der Waals surface area contributed by atoms with E-state index < -0.39 is 45.0 Å². The van der Waals surface area contributed by atoms with Gasteiger partial charge in [-0.15, -0.1) is 0 Å². The number of aromatic nitrogens is 6. The Labute approximate surface area is 345 Å². The van der Waals surface area contributed by atoms with Crippen LogP contribution in [0.1, 0.15) is 97.8 Å². The van der Waals surface area contributed by atoms with Crippen molar-refractivity contribution in [3.05, 3.63) is 86.5 Å². The Hall–Kier alpha value is -3.94. The second-order valence-corrected chi connectivity index (χ2v) is 18.4. The smallest absolute Gasteiger partial charge is 0.243 e. The molecule has 15 nitrogen and oxygen atoms in total. The molecule has 3 heterocycles. The lowest BCUT2D eigenvalue weighted by Crippen LogP contribution is -2.23. The van der Waals surface area contributed by atoms with Gasteiger partial charge in [-0.05, 0) is 73.6 Å². The second-order valence-electron chi connectivity index (χ2n) is 14.3. The van der Waals surface area contributed by atoms with Crippen LogP contribution in [0.3, 0.4) is 0 Å².